The molecule has 4 heteroatoms. The Hall–Kier alpha value is -0.610. The third-order valence-electron chi connectivity index (χ3n) is 2.90. The first-order valence-electron chi connectivity index (χ1n) is 5.26. The SMILES string of the molecule is CN(CC1CCCC1)C(=O)C(N)CO. The number of carbonyl (C=O) groups is 1. The smallest absolute Gasteiger partial charge is 0.241 e. The van der Waals surface area contributed by atoms with Crippen LogP contribution in [-0.2, 0) is 4.79 Å². The van der Waals surface area contributed by atoms with Crippen LogP contribution < -0.4 is 5.73 Å². The summed E-state index contributed by atoms with van der Waals surface area (Å²) in [6.45, 7) is 0.514. The van der Waals surface area contributed by atoms with Crippen LogP contribution >= 0.6 is 0 Å². The number of rotatable bonds is 4. The first-order chi connectivity index (χ1) is 6.65. The first kappa shape index (κ1) is 11.5. The minimum Gasteiger partial charge on any atom is -0.394 e. The number of nitrogens with two attached hydrogens (primary N) is 1. The van der Waals surface area contributed by atoms with E-state index < -0.39 is 6.04 Å². The second kappa shape index (κ2) is 5.32. The summed E-state index contributed by atoms with van der Waals surface area (Å²) >= 11 is 0. The highest BCUT2D eigenvalue weighted by molar-refractivity contribution is 5.81. The quantitative estimate of drug-likeness (QED) is 0.669. The molecule has 14 heavy (non-hydrogen) atoms. The van der Waals surface area contributed by atoms with Crippen LogP contribution in [0.4, 0.5) is 0 Å². The maximum Gasteiger partial charge on any atom is 0.241 e. The number of carbonyl (C=O) groups excluding carboxylic acids is 1. The average molecular weight is 200 g/mol. The molecule has 1 amide bonds. The Bertz CT molecular complexity index is 191. The maximum absolute atomic E-state index is 11.5. The van der Waals surface area contributed by atoms with E-state index >= 15 is 0 Å². The van der Waals surface area contributed by atoms with Crippen LogP contribution in [0.5, 0.6) is 0 Å². The maximum atomic E-state index is 11.5. The largest absolute Gasteiger partial charge is 0.394 e. The monoisotopic (exact) mass is 200 g/mol. The summed E-state index contributed by atoms with van der Waals surface area (Å²) < 4.78 is 0. The normalized spacial score (nSPS) is 19.6. The van der Waals surface area contributed by atoms with Crippen molar-refractivity contribution in [1.29, 1.82) is 0 Å². The highest BCUT2D eigenvalue weighted by atomic mass is 16.3. The second-order valence-corrected chi connectivity index (χ2v) is 4.16. The molecule has 1 saturated carbocycles. The summed E-state index contributed by atoms with van der Waals surface area (Å²) in [6, 6.07) is -0.749. The molecule has 4 nitrogen and oxygen atoms in total. The molecule has 0 heterocycles. The van der Waals surface area contributed by atoms with Crippen LogP contribution in [0.3, 0.4) is 0 Å². The molecule has 1 aliphatic carbocycles. The number of likely N-dealkylation sites (N-methyl/N-ethyl adjacent to an activating group) is 1. The molecule has 0 bridgehead atoms. The van der Waals surface area contributed by atoms with E-state index in [9.17, 15) is 4.79 Å². The summed E-state index contributed by atoms with van der Waals surface area (Å²) in [5.74, 6) is 0.481. The van der Waals surface area contributed by atoms with Crippen molar-refractivity contribution < 1.29 is 9.90 Å². The molecule has 0 aromatic heterocycles. The van der Waals surface area contributed by atoms with Gasteiger partial charge in [0, 0.05) is 13.6 Å². The fourth-order valence-electron chi connectivity index (χ4n) is 2.03. The van der Waals surface area contributed by atoms with Gasteiger partial charge in [0.15, 0.2) is 0 Å². The van der Waals surface area contributed by atoms with E-state index in [1.807, 2.05) is 0 Å². The molecule has 0 aliphatic heterocycles. The summed E-state index contributed by atoms with van der Waals surface area (Å²) in [7, 11) is 1.76. The molecular formula is C10H20N2O2. The van der Waals surface area contributed by atoms with Gasteiger partial charge in [-0.25, -0.2) is 0 Å². The molecule has 1 atom stereocenters. The fraction of sp³-hybridized carbons (Fsp3) is 0.900. The highest BCUT2D eigenvalue weighted by Crippen LogP contribution is 2.25. The van der Waals surface area contributed by atoms with Crippen molar-refractivity contribution in [3.8, 4) is 0 Å². The van der Waals surface area contributed by atoms with Gasteiger partial charge in [-0.2, -0.15) is 0 Å². The van der Waals surface area contributed by atoms with Crippen molar-refractivity contribution in [3.63, 3.8) is 0 Å². The summed E-state index contributed by atoms with van der Waals surface area (Å²) in [4.78, 5) is 13.2. The molecular weight excluding hydrogens is 180 g/mol. The van der Waals surface area contributed by atoms with Gasteiger partial charge in [-0.3, -0.25) is 4.79 Å². The van der Waals surface area contributed by atoms with E-state index in [0.717, 1.165) is 6.54 Å². The van der Waals surface area contributed by atoms with Gasteiger partial charge in [-0.1, -0.05) is 12.8 Å². The lowest BCUT2D eigenvalue weighted by Crippen LogP contribution is -2.45. The van der Waals surface area contributed by atoms with Gasteiger partial charge in [0.25, 0.3) is 0 Å². The van der Waals surface area contributed by atoms with Gasteiger partial charge < -0.3 is 15.7 Å². The molecule has 82 valence electrons. The van der Waals surface area contributed by atoms with Crippen LogP contribution in [0.15, 0.2) is 0 Å². The second-order valence-electron chi connectivity index (χ2n) is 4.16. The van der Waals surface area contributed by atoms with Gasteiger partial charge in [0.1, 0.15) is 6.04 Å². The molecule has 0 spiro atoms. The van der Waals surface area contributed by atoms with Gasteiger partial charge >= 0.3 is 0 Å². The minimum atomic E-state index is -0.749. The van der Waals surface area contributed by atoms with Crippen molar-refractivity contribution >= 4 is 5.91 Å². The number of hydrogen-bond donors (Lipinski definition) is 2. The minimum absolute atomic E-state index is 0.153. The zero-order chi connectivity index (χ0) is 10.6. The Balaban J connectivity index is 2.32. The number of hydrogen-bond acceptors (Lipinski definition) is 3. The van der Waals surface area contributed by atoms with Crippen molar-refractivity contribution in [2.24, 2.45) is 11.7 Å². The topological polar surface area (TPSA) is 66.6 Å². The average Bonchev–Trinajstić information content (AvgIpc) is 2.68. The van der Waals surface area contributed by atoms with Gasteiger partial charge in [-0.15, -0.1) is 0 Å². The lowest BCUT2D eigenvalue weighted by molar-refractivity contribution is -0.132. The molecule has 1 aliphatic rings. The molecule has 0 aromatic carbocycles. The number of nitrogens with zero attached hydrogens (tertiary/aromatic N) is 1. The first-order valence-corrected chi connectivity index (χ1v) is 5.26. The molecule has 0 radical (unpaired) electrons. The van der Waals surface area contributed by atoms with E-state index in [-0.39, 0.29) is 12.5 Å². The van der Waals surface area contributed by atoms with Crippen LogP contribution in [0.1, 0.15) is 25.7 Å². The predicted molar refractivity (Wildman–Crippen MR) is 54.7 cm³/mol. The fourth-order valence-corrected chi connectivity index (χ4v) is 2.03. The molecule has 0 aromatic rings. The summed E-state index contributed by atoms with van der Waals surface area (Å²) in [6.07, 6.45) is 4.98. The Kier molecular flexibility index (Phi) is 4.35. The lowest BCUT2D eigenvalue weighted by atomic mass is 10.1. The molecule has 3 N–H and O–H groups in total. The van der Waals surface area contributed by atoms with E-state index in [1.165, 1.54) is 25.7 Å². The number of aliphatic hydroxyl groups excluding tert-OH is 1. The van der Waals surface area contributed by atoms with Crippen molar-refractivity contribution in [2.45, 2.75) is 31.7 Å². The zero-order valence-corrected chi connectivity index (χ0v) is 8.78. The summed E-state index contributed by atoms with van der Waals surface area (Å²) in [5.41, 5.74) is 5.45. The Morgan fingerprint density at radius 1 is 1.57 bits per heavy atom. The Morgan fingerprint density at radius 2 is 2.14 bits per heavy atom. The molecule has 1 fully saturated rings. The van der Waals surface area contributed by atoms with Crippen molar-refractivity contribution in [3.05, 3.63) is 0 Å². The van der Waals surface area contributed by atoms with Gasteiger partial charge in [0.05, 0.1) is 6.61 Å². The van der Waals surface area contributed by atoms with Gasteiger partial charge in [-0.05, 0) is 18.8 Å². The molecule has 1 unspecified atom stereocenters. The molecule has 1 rings (SSSR count). The van der Waals surface area contributed by atoms with E-state index in [2.05, 4.69) is 0 Å². The molecule has 0 saturated heterocycles. The summed E-state index contributed by atoms with van der Waals surface area (Å²) in [5, 5.41) is 8.74. The highest BCUT2D eigenvalue weighted by Gasteiger charge is 2.22. The van der Waals surface area contributed by atoms with Crippen LogP contribution in [-0.4, -0.2) is 42.2 Å². The predicted octanol–water partition coefficient (Wildman–Crippen LogP) is -0.0454. The third-order valence-corrected chi connectivity index (χ3v) is 2.90. The van der Waals surface area contributed by atoms with Crippen LogP contribution in [0.25, 0.3) is 0 Å². The van der Waals surface area contributed by atoms with E-state index in [1.54, 1.807) is 11.9 Å². The van der Waals surface area contributed by atoms with Crippen molar-refractivity contribution in [1.82, 2.24) is 4.90 Å². The number of amides is 1. The Labute approximate surface area is 85.1 Å². The third kappa shape index (κ3) is 2.96. The van der Waals surface area contributed by atoms with Crippen LogP contribution in [0.2, 0.25) is 0 Å². The lowest BCUT2D eigenvalue weighted by Gasteiger charge is -2.23. The number of aliphatic hydroxyl groups is 1. The standard InChI is InChI=1S/C10H20N2O2/c1-12(10(14)9(11)7-13)6-8-4-2-3-5-8/h8-9,13H,2-7,11H2,1H3. The van der Waals surface area contributed by atoms with Crippen LogP contribution in [0, 0.1) is 5.92 Å². The van der Waals surface area contributed by atoms with E-state index in [0.29, 0.717) is 5.92 Å². The van der Waals surface area contributed by atoms with E-state index in [4.69, 9.17) is 10.8 Å². The Morgan fingerprint density at radius 3 is 2.64 bits per heavy atom. The van der Waals surface area contributed by atoms with Crippen molar-refractivity contribution in [2.75, 3.05) is 20.2 Å². The zero-order valence-electron chi connectivity index (χ0n) is 8.78. The van der Waals surface area contributed by atoms with Gasteiger partial charge in [0.2, 0.25) is 5.91 Å².